The number of aryl methyl sites for hydroxylation is 1. The molecule has 4 heteroatoms. The predicted octanol–water partition coefficient (Wildman–Crippen LogP) is 2.53. The van der Waals surface area contributed by atoms with Crippen LogP contribution in [0.25, 0.3) is 0 Å². The summed E-state index contributed by atoms with van der Waals surface area (Å²) in [5.74, 6) is 0.480. The minimum Gasteiger partial charge on any atom is -0.492 e. The van der Waals surface area contributed by atoms with Gasteiger partial charge in [-0.2, -0.15) is 0 Å². The van der Waals surface area contributed by atoms with E-state index in [-0.39, 0.29) is 11.9 Å². The number of nitrogens with one attached hydrogen (secondary N) is 1. The van der Waals surface area contributed by atoms with Crippen LogP contribution in [0.3, 0.4) is 0 Å². The largest absolute Gasteiger partial charge is 0.492 e. The summed E-state index contributed by atoms with van der Waals surface area (Å²) in [7, 11) is 1.67. The van der Waals surface area contributed by atoms with Gasteiger partial charge in [0, 0.05) is 7.11 Å². The SMILES string of the molecule is CCCNC(COC)COc1ccc(F)cc1C. The van der Waals surface area contributed by atoms with Crippen molar-refractivity contribution in [3.05, 3.63) is 29.6 Å². The standard InChI is InChI=1S/C14H22FNO2/c1-4-7-16-13(9-17-3)10-18-14-6-5-12(15)8-11(14)2/h5-6,8,13,16H,4,7,9-10H2,1-3H3. The normalized spacial score (nSPS) is 12.4. The molecule has 1 aromatic carbocycles. The molecule has 3 nitrogen and oxygen atoms in total. The van der Waals surface area contributed by atoms with Crippen LogP contribution in [0.1, 0.15) is 18.9 Å². The first-order valence-corrected chi connectivity index (χ1v) is 6.28. The van der Waals surface area contributed by atoms with Gasteiger partial charge in [0.05, 0.1) is 12.6 Å². The molecule has 0 radical (unpaired) electrons. The second-order valence-corrected chi connectivity index (χ2v) is 4.33. The Labute approximate surface area is 108 Å². The van der Waals surface area contributed by atoms with Crippen LogP contribution in [0.2, 0.25) is 0 Å². The molecule has 18 heavy (non-hydrogen) atoms. The van der Waals surface area contributed by atoms with Gasteiger partial charge in [0.25, 0.3) is 0 Å². The van der Waals surface area contributed by atoms with E-state index in [0.717, 1.165) is 24.3 Å². The van der Waals surface area contributed by atoms with Crippen molar-refractivity contribution in [2.24, 2.45) is 0 Å². The van der Waals surface area contributed by atoms with Crippen LogP contribution in [0.15, 0.2) is 18.2 Å². The third-order valence-corrected chi connectivity index (χ3v) is 2.63. The first-order valence-electron chi connectivity index (χ1n) is 6.28. The van der Waals surface area contributed by atoms with Crippen LogP contribution in [0.5, 0.6) is 5.75 Å². The lowest BCUT2D eigenvalue weighted by molar-refractivity contribution is 0.136. The molecule has 0 fully saturated rings. The second kappa shape index (κ2) is 8.06. The topological polar surface area (TPSA) is 30.5 Å². The van der Waals surface area contributed by atoms with Gasteiger partial charge in [0.1, 0.15) is 18.2 Å². The third-order valence-electron chi connectivity index (χ3n) is 2.63. The minimum absolute atomic E-state index is 0.152. The quantitative estimate of drug-likeness (QED) is 0.774. The molecule has 1 rings (SSSR count). The molecule has 1 atom stereocenters. The van der Waals surface area contributed by atoms with Gasteiger partial charge in [0.2, 0.25) is 0 Å². The van der Waals surface area contributed by atoms with E-state index in [2.05, 4.69) is 12.2 Å². The Bertz CT molecular complexity index is 358. The molecule has 1 unspecified atom stereocenters. The van der Waals surface area contributed by atoms with Crippen molar-refractivity contribution in [2.45, 2.75) is 26.3 Å². The van der Waals surface area contributed by atoms with Crippen molar-refractivity contribution < 1.29 is 13.9 Å². The zero-order chi connectivity index (χ0) is 13.4. The maximum Gasteiger partial charge on any atom is 0.123 e. The predicted molar refractivity (Wildman–Crippen MR) is 70.6 cm³/mol. The van der Waals surface area contributed by atoms with Gasteiger partial charge >= 0.3 is 0 Å². The lowest BCUT2D eigenvalue weighted by Crippen LogP contribution is -2.38. The van der Waals surface area contributed by atoms with Gasteiger partial charge in [-0.1, -0.05) is 6.92 Å². The van der Waals surface area contributed by atoms with Crippen molar-refractivity contribution in [1.82, 2.24) is 5.32 Å². The van der Waals surface area contributed by atoms with E-state index in [1.54, 1.807) is 13.2 Å². The molecule has 0 heterocycles. The molecule has 0 spiro atoms. The molecular formula is C14H22FNO2. The highest BCUT2D eigenvalue weighted by molar-refractivity contribution is 5.32. The van der Waals surface area contributed by atoms with E-state index in [4.69, 9.17) is 9.47 Å². The molecule has 0 aromatic heterocycles. The summed E-state index contributed by atoms with van der Waals surface area (Å²) in [6, 6.07) is 4.70. The number of methoxy groups -OCH3 is 1. The molecule has 0 aliphatic carbocycles. The average molecular weight is 255 g/mol. The fourth-order valence-corrected chi connectivity index (χ4v) is 1.68. The average Bonchev–Trinajstić information content (AvgIpc) is 2.34. The van der Waals surface area contributed by atoms with Gasteiger partial charge in [-0.25, -0.2) is 4.39 Å². The van der Waals surface area contributed by atoms with E-state index < -0.39 is 0 Å². The highest BCUT2D eigenvalue weighted by atomic mass is 19.1. The van der Waals surface area contributed by atoms with Gasteiger partial charge in [-0.3, -0.25) is 0 Å². The molecular weight excluding hydrogens is 233 g/mol. The Morgan fingerprint density at radius 2 is 2.11 bits per heavy atom. The number of rotatable bonds is 8. The molecule has 1 aromatic rings. The highest BCUT2D eigenvalue weighted by Crippen LogP contribution is 2.18. The second-order valence-electron chi connectivity index (χ2n) is 4.33. The fourth-order valence-electron chi connectivity index (χ4n) is 1.68. The van der Waals surface area contributed by atoms with Gasteiger partial charge in [0.15, 0.2) is 0 Å². The minimum atomic E-state index is -0.239. The zero-order valence-corrected chi connectivity index (χ0v) is 11.3. The van der Waals surface area contributed by atoms with Crippen LogP contribution >= 0.6 is 0 Å². The van der Waals surface area contributed by atoms with Crippen LogP contribution in [-0.4, -0.2) is 32.9 Å². The van der Waals surface area contributed by atoms with E-state index in [0.29, 0.717) is 13.2 Å². The summed E-state index contributed by atoms with van der Waals surface area (Å²) in [6.45, 7) is 5.99. The number of benzene rings is 1. The smallest absolute Gasteiger partial charge is 0.123 e. The monoisotopic (exact) mass is 255 g/mol. The third kappa shape index (κ3) is 5.02. The molecule has 102 valence electrons. The maximum atomic E-state index is 12.9. The van der Waals surface area contributed by atoms with Crippen LogP contribution in [0, 0.1) is 12.7 Å². The summed E-state index contributed by atoms with van der Waals surface area (Å²) in [6.07, 6.45) is 1.07. The van der Waals surface area contributed by atoms with Gasteiger partial charge in [-0.05, 0) is 43.7 Å². The van der Waals surface area contributed by atoms with E-state index in [1.165, 1.54) is 12.1 Å². The summed E-state index contributed by atoms with van der Waals surface area (Å²) in [5.41, 5.74) is 0.807. The number of halogens is 1. The summed E-state index contributed by atoms with van der Waals surface area (Å²) in [4.78, 5) is 0. The van der Waals surface area contributed by atoms with E-state index >= 15 is 0 Å². The van der Waals surface area contributed by atoms with Crippen molar-refractivity contribution in [1.29, 1.82) is 0 Å². The lowest BCUT2D eigenvalue weighted by Gasteiger charge is -2.19. The Hall–Kier alpha value is -1.13. The number of ether oxygens (including phenoxy) is 2. The summed E-state index contributed by atoms with van der Waals surface area (Å²) >= 11 is 0. The van der Waals surface area contributed by atoms with Crippen LogP contribution in [0.4, 0.5) is 4.39 Å². The van der Waals surface area contributed by atoms with Crippen molar-refractivity contribution in [2.75, 3.05) is 26.9 Å². The van der Waals surface area contributed by atoms with Crippen LogP contribution in [-0.2, 0) is 4.74 Å². The number of hydrogen-bond acceptors (Lipinski definition) is 3. The molecule has 1 N–H and O–H groups in total. The fraction of sp³-hybridized carbons (Fsp3) is 0.571. The van der Waals surface area contributed by atoms with Crippen molar-refractivity contribution in [3.63, 3.8) is 0 Å². The van der Waals surface area contributed by atoms with Gasteiger partial charge < -0.3 is 14.8 Å². The van der Waals surface area contributed by atoms with E-state index in [1.807, 2.05) is 6.92 Å². The summed E-state index contributed by atoms with van der Waals surface area (Å²) < 4.78 is 23.8. The first-order chi connectivity index (χ1) is 8.67. The Morgan fingerprint density at radius 3 is 2.72 bits per heavy atom. The molecule has 0 saturated heterocycles. The molecule has 0 bridgehead atoms. The maximum absolute atomic E-state index is 12.9. The lowest BCUT2D eigenvalue weighted by atomic mass is 10.2. The van der Waals surface area contributed by atoms with Crippen molar-refractivity contribution >= 4 is 0 Å². The zero-order valence-electron chi connectivity index (χ0n) is 11.3. The number of hydrogen-bond donors (Lipinski definition) is 1. The summed E-state index contributed by atoms with van der Waals surface area (Å²) in [5, 5.41) is 3.35. The first kappa shape index (κ1) is 14.9. The van der Waals surface area contributed by atoms with Gasteiger partial charge in [-0.15, -0.1) is 0 Å². The Balaban J connectivity index is 2.49. The molecule has 0 aliphatic heterocycles. The van der Waals surface area contributed by atoms with Crippen molar-refractivity contribution in [3.8, 4) is 5.75 Å². The highest BCUT2D eigenvalue weighted by Gasteiger charge is 2.09. The van der Waals surface area contributed by atoms with Crippen LogP contribution < -0.4 is 10.1 Å². The Morgan fingerprint density at radius 1 is 1.33 bits per heavy atom. The Kier molecular flexibility index (Phi) is 6.68. The van der Waals surface area contributed by atoms with E-state index in [9.17, 15) is 4.39 Å². The molecule has 0 aliphatic rings. The molecule has 0 amide bonds. The molecule has 0 saturated carbocycles.